The van der Waals surface area contributed by atoms with Crippen LogP contribution in [0.2, 0.25) is 0 Å². The van der Waals surface area contributed by atoms with Crippen molar-refractivity contribution in [2.24, 2.45) is 5.84 Å². The summed E-state index contributed by atoms with van der Waals surface area (Å²) in [5, 5.41) is 2.92. The van der Waals surface area contributed by atoms with Crippen molar-refractivity contribution < 1.29 is 9.53 Å². The zero-order chi connectivity index (χ0) is 13.9. The van der Waals surface area contributed by atoms with Gasteiger partial charge in [-0.15, -0.1) is 0 Å². The van der Waals surface area contributed by atoms with Gasteiger partial charge in [-0.1, -0.05) is 11.6 Å². The molecule has 2 rings (SSSR count). The molecule has 1 heterocycles. The summed E-state index contributed by atoms with van der Waals surface area (Å²) in [5.41, 5.74) is 4.51. The topological polar surface area (TPSA) is 76.4 Å². The van der Waals surface area contributed by atoms with Gasteiger partial charge in [0.1, 0.15) is 0 Å². The molecule has 1 amide bonds. The number of nitrogens with one attached hydrogen (secondary N) is 2. The molecule has 0 saturated carbocycles. The van der Waals surface area contributed by atoms with E-state index in [2.05, 4.69) is 10.7 Å². The van der Waals surface area contributed by atoms with Crippen molar-refractivity contribution in [2.45, 2.75) is 32.3 Å². The van der Waals surface area contributed by atoms with Crippen LogP contribution in [-0.4, -0.2) is 24.7 Å². The summed E-state index contributed by atoms with van der Waals surface area (Å²) < 4.78 is 5.65. The van der Waals surface area contributed by atoms with Crippen LogP contribution in [0, 0.1) is 6.92 Å². The van der Waals surface area contributed by atoms with Crippen molar-refractivity contribution in [3.63, 3.8) is 0 Å². The van der Waals surface area contributed by atoms with Gasteiger partial charge in [0.05, 0.1) is 16.9 Å². The highest BCUT2D eigenvalue weighted by atomic mass is 16.5. The standard InChI is InChI=1S/C14H21N3O2/c1-10-4-5-12(17-15)11(8-10)13(18)16-9-14(2)6-3-7-19-14/h4-5,8,17H,3,6-7,9,15H2,1-2H3,(H,16,18). The molecule has 5 heteroatoms. The van der Waals surface area contributed by atoms with Crippen LogP contribution < -0.4 is 16.6 Å². The largest absolute Gasteiger partial charge is 0.373 e. The second kappa shape index (κ2) is 5.59. The summed E-state index contributed by atoms with van der Waals surface area (Å²) >= 11 is 0. The first-order valence-electron chi connectivity index (χ1n) is 6.53. The van der Waals surface area contributed by atoms with E-state index in [0.717, 1.165) is 25.0 Å². The third kappa shape index (κ3) is 3.24. The van der Waals surface area contributed by atoms with E-state index >= 15 is 0 Å². The number of nitrogens with two attached hydrogens (primary N) is 1. The molecule has 5 nitrogen and oxygen atoms in total. The number of anilines is 1. The van der Waals surface area contributed by atoms with Crippen molar-refractivity contribution in [1.82, 2.24) is 5.32 Å². The highest BCUT2D eigenvalue weighted by molar-refractivity contribution is 5.99. The highest BCUT2D eigenvalue weighted by Gasteiger charge is 2.30. The van der Waals surface area contributed by atoms with Crippen LogP contribution in [0.5, 0.6) is 0 Å². The smallest absolute Gasteiger partial charge is 0.253 e. The van der Waals surface area contributed by atoms with Crippen LogP contribution in [0.15, 0.2) is 18.2 Å². The molecule has 1 atom stereocenters. The fraction of sp³-hybridized carbons (Fsp3) is 0.500. The van der Waals surface area contributed by atoms with Crippen molar-refractivity contribution in [2.75, 3.05) is 18.6 Å². The van der Waals surface area contributed by atoms with Gasteiger partial charge in [-0.25, -0.2) is 0 Å². The normalized spacial score (nSPS) is 22.3. The molecule has 1 aromatic rings. The molecule has 1 aliphatic heterocycles. The Balaban J connectivity index is 2.05. The van der Waals surface area contributed by atoms with Crippen molar-refractivity contribution in [3.05, 3.63) is 29.3 Å². The Kier molecular flexibility index (Phi) is 4.07. The van der Waals surface area contributed by atoms with E-state index in [0.29, 0.717) is 17.8 Å². The number of ether oxygens (including phenoxy) is 1. The second-order valence-electron chi connectivity index (χ2n) is 5.28. The lowest BCUT2D eigenvalue weighted by Crippen LogP contribution is -2.40. The molecule has 1 fully saturated rings. The Morgan fingerprint density at radius 2 is 2.32 bits per heavy atom. The van der Waals surface area contributed by atoms with Gasteiger partial charge in [-0.05, 0) is 38.8 Å². The molecule has 0 radical (unpaired) electrons. The number of carbonyl (C=O) groups is 1. The molecule has 19 heavy (non-hydrogen) atoms. The maximum atomic E-state index is 12.2. The lowest BCUT2D eigenvalue weighted by atomic mass is 10.0. The first kappa shape index (κ1) is 13.8. The summed E-state index contributed by atoms with van der Waals surface area (Å²) in [7, 11) is 0. The van der Waals surface area contributed by atoms with Gasteiger partial charge in [0.2, 0.25) is 0 Å². The molecular formula is C14H21N3O2. The van der Waals surface area contributed by atoms with Gasteiger partial charge >= 0.3 is 0 Å². The molecular weight excluding hydrogens is 242 g/mol. The molecule has 0 bridgehead atoms. The van der Waals surface area contributed by atoms with Crippen molar-refractivity contribution >= 4 is 11.6 Å². The van der Waals surface area contributed by atoms with E-state index in [4.69, 9.17) is 10.6 Å². The molecule has 0 aliphatic carbocycles. The van der Waals surface area contributed by atoms with Crippen LogP contribution in [0.3, 0.4) is 0 Å². The van der Waals surface area contributed by atoms with E-state index in [1.165, 1.54) is 0 Å². The Bertz CT molecular complexity index is 468. The number of benzene rings is 1. The number of amides is 1. The summed E-state index contributed by atoms with van der Waals surface area (Å²) in [6.45, 7) is 5.26. The number of carbonyl (C=O) groups excluding carboxylic acids is 1. The lowest BCUT2D eigenvalue weighted by molar-refractivity contribution is 0.0206. The number of hydrogen-bond donors (Lipinski definition) is 3. The summed E-state index contributed by atoms with van der Waals surface area (Å²) in [5.74, 6) is 5.30. The van der Waals surface area contributed by atoms with Gasteiger partial charge in [0.25, 0.3) is 5.91 Å². The monoisotopic (exact) mass is 263 g/mol. The van der Waals surface area contributed by atoms with Crippen LogP contribution in [0.1, 0.15) is 35.7 Å². The molecule has 1 saturated heterocycles. The molecule has 4 N–H and O–H groups in total. The molecule has 1 aliphatic rings. The molecule has 0 aromatic heterocycles. The van der Waals surface area contributed by atoms with Crippen LogP contribution in [0.25, 0.3) is 0 Å². The van der Waals surface area contributed by atoms with E-state index in [-0.39, 0.29) is 11.5 Å². The zero-order valence-corrected chi connectivity index (χ0v) is 11.5. The van der Waals surface area contributed by atoms with Crippen LogP contribution >= 0.6 is 0 Å². The first-order valence-corrected chi connectivity index (χ1v) is 6.53. The number of aryl methyl sites for hydroxylation is 1. The Hall–Kier alpha value is -1.59. The maximum absolute atomic E-state index is 12.2. The fourth-order valence-electron chi connectivity index (χ4n) is 2.31. The SMILES string of the molecule is Cc1ccc(NN)c(C(=O)NCC2(C)CCCO2)c1. The average Bonchev–Trinajstić information content (AvgIpc) is 2.83. The minimum Gasteiger partial charge on any atom is -0.373 e. The third-order valence-electron chi connectivity index (χ3n) is 3.50. The number of nitrogen functional groups attached to an aromatic ring is 1. The summed E-state index contributed by atoms with van der Waals surface area (Å²) in [4.78, 5) is 12.2. The van der Waals surface area contributed by atoms with Crippen molar-refractivity contribution in [3.8, 4) is 0 Å². The predicted octanol–water partition coefficient (Wildman–Crippen LogP) is 1.58. The van der Waals surface area contributed by atoms with Gasteiger partial charge in [-0.3, -0.25) is 10.6 Å². The first-order chi connectivity index (χ1) is 9.04. The van der Waals surface area contributed by atoms with Gasteiger partial charge < -0.3 is 15.5 Å². The molecule has 1 aromatic carbocycles. The fourth-order valence-corrected chi connectivity index (χ4v) is 2.31. The third-order valence-corrected chi connectivity index (χ3v) is 3.50. The number of hydrogen-bond acceptors (Lipinski definition) is 4. The quantitative estimate of drug-likeness (QED) is 0.569. The van der Waals surface area contributed by atoms with E-state index in [1.54, 1.807) is 6.07 Å². The average molecular weight is 263 g/mol. The molecule has 104 valence electrons. The Morgan fingerprint density at radius 1 is 1.53 bits per heavy atom. The van der Waals surface area contributed by atoms with E-state index in [1.807, 2.05) is 26.0 Å². The highest BCUT2D eigenvalue weighted by Crippen LogP contribution is 2.24. The van der Waals surface area contributed by atoms with E-state index in [9.17, 15) is 4.79 Å². The van der Waals surface area contributed by atoms with Gasteiger partial charge in [0.15, 0.2) is 0 Å². The minimum atomic E-state index is -0.240. The van der Waals surface area contributed by atoms with Gasteiger partial charge in [-0.2, -0.15) is 0 Å². The van der Waals surface area contributed by atoms with Crippen LogP contribution in [-0.2, 0) is 4.74 Å². The Labute approximate surface area is 113 Å². The lowest BCUT2D eigenvalue weighted by Gasteiger charge is -2.23. The predicted molar refractivity (Wildman–Crippen MR) is 74.9 cm³/mol. The second-order valence-corrected chi connectivity index (χ2v) is 5.28. The van der Waals surface area contributed by atoms with Gasteiger partial charge in [0, 0.05) is 13.2 Å². The molecule has 1 unspecified atom stereocenters. The maximum Gasteiger partial charge on any atom is 0.253 e. The zero-order valence-electron chi connectivity index (χ0n) is 11.5. The summed E-state index contributed by atoms with van der Waals surface area (Å²) in [6, 6.07) is 5.54. The number of hydrazine groups is 1. The summed E-state index contributed by atoms with van der Waals surface area (Å²) in [6.07, 6.45) is 2.02. The van der Waals surface area contributed by atoms with Crippen molar-refractivity contribution in [1.29, 1.82) is 0 Å². The Morgan fingerprint density at radius 3 is 2.95 bits per heavy atom. The van der Waals surface area contributed by atoms with E-state index < -0.39 is 0 Å². The number of rotatable bonds is 4. The van der Waals surface area contributed by atoms with Crippen LogP contribution in [0.4, 0.5) is 5.69 Å². The molecule has 0 spiro atoms. The minimum absolute atomic E-state index is 0.131.